The van der Waals surface area contributed by atoms with Crippen LogP contribution in [0.4, 0.5) is 21.6 Å². The van der Waals surface area contributed by atoms with Crippen molar-refractivity contribution < 1.29 is 9.18 Å². The van der Waals surface area contributed by atoms with Gasteiger partial charge in [0.05, 0.1) is 24.0 Å². The number of para-hydroxylation sites is 1. The molecule has 0 saturated heterocycles. The maximum atomic E-state index is 13.6. The van der Waals surface area contributed by atoms with Crippen molar-refractivity contribution in [2.75, 3.05) is 10.6 Å². The molecule has 3 aromatic rings. The molecule has 5 heteroatoms. The predicted octanol–water partition coefficient (Wildman–Crippen LogP) is 4.15. The van der Waals surface area contributed by atoms with E-state index in [-0.39, 0.29) is 11.7 Å². The molecule has 0 bridgehead atoms. The van der Waals surface area contributed by atoms with Gasteiger partial charge in [-0.2, -0.15) is 0 Å². The van der Waals surface area contributed by atoms with Crippen LogP contribution in [0.3, 0.4) is 0 Å². The van der Waals surface area contributed by atoms with E-state index in [1.807, 2.05) is 30.3 Å². The number of nitrogens with zero attached hydrogens (tertiary/aromatic N) is 1. The molecule has 1 heterocycles. The molecule has 2 aromatic carbocycles. The minimum atomic E-state index is -0.348. The Kier molecular flexibility index (Phi) is 4.81. The Labute approximate surface area is 139 Å². The van der Waals surface area contributed by atoms with Crippen molar-refractivity contribution in [2.45, 2.75) is 6.42 Å². The second-order valence-corrected chi connectivity index (χ2v) is 5.25. The van der Waals surface area contributed by atoms with Gasteiger partial charge in [-0.1, -0.05) is 42.5 Å². The number of halogens is 1. The van der Waals surface area contributed by atoms with Crippen molar-refractivity contribution in [3.63, 3.8) is 0 Å². The third kappa shape index (κ3) is 4.16. The molecule has 0 aliphatic carbocycles. The van der Waals surface area contributed by atoms with Gasteiger partial charge in [0, 0.05) is 0 Å². The van der Waals surface area contributed by atoms with Crippen LogP contribution in [0, 0.1) is 5.82 Å². The minimum Gasteiger partial charge on any atom is -0.338 e. The average molecular weight is 321 g/mol. The molecule has 0 atom stereocenters. The topological polar surface area (TPSA) is 54.0 Å². The van der Waals surface area contributed by atoms with Crippen LogP contribution in [0.2, 0.25) is 0 Å². The van der Waals surface area contributed by atoms with Crippen molar-refractivity contribution >= 4 is 23.1 Å². The molecule has 120 valence electrons. The normalized spacial score (nSPS) is 10.2. The number of rotatable bonds is 5. The lowest BCUT2D eigenvalue weighted by atomic mass is 10.1. The van der Waals surface area contributed by atoms with Crippen LogP contribution in [0.5, 0.6) is 0 Å². The molecular formula is C19H16FN3O. The SMILES string of the molecule is O=C(Cc1ccccc1)Nc1ccc(Nc2ccccc2F)nc1. The van der Waals surface area contributed by atoms with Gasteiger partial charge in [-0.15, -0.1) is 0 Å². The lowest BCUT2D eigenvalue weighted by Gasteiger charge is -2.08. The highest BCUT2D eigenvalue weighted by Gasteiger charge is 2.05. The Morgan fingerprint density at radius 1 is 0.958 bits per heavy atom. The zero-order valence-electron chi connectivity index (χ0n) is 12.9. The number of hydrogen-bond donors (Lipinski definition) is 2. The van der Waals surface area contributed by atoms with Gasteiger partial charge in [0.1, 0.15) is 11.6 Å². The molecule has 24 heavy (non-hydrogen) atoms. The zero-order valence-corrected chi connectivity index (χ0v) is 12.9. The van der Waals surface area contributed by atoms with Gasteiger partial charge >= 0.3 is 0 Å². The van der Waals surface area contributed by atoms with E-state index in [9.17, 15) is 9.18 Å². The van der Waals surface area contributed by atoms with Crippen molar-refractivity contribution in [1.29, 1.82) is 0 Å². The van der Waals surface area contributed by atoms with Crippen LogP contribution >= 0.6 is 0 Å². The molecule has 1 amide bonds. The Morgan fingerprint density at radius 2 is 1.71 bits per heavy atom. The van der Waals surface area contributed by atoms with Crippen LogP contribution < -0.4 is 10.6 Å². The molecular weight excluding hydrogens is 305 g/mol. The molecule has 0 saturated carbocycles. The minimum absolute atomic E-state index is 0.113. The van der Waals surface area contributed by atoms with E-state index >= 15 is 0 Å². The maximum absolute atomic E-state index is 13.6. The summed E-state index contributed by atoms with van der Waals surface area (Å²) < 4.78 is 13.6. The second kappa shape index (κ2) is 7.37. The van der Waals surface area contributed by atoms with Crippen LogP contribution in [0.1, 0.15) is 5.56 Å². The Bertz CT molecular complexity index is 820. The average Bonchev–Trinajstić information content (AvgIpc) is 2.59. The number of benzene rings is 2. The lowest BCUT2D eigenvalue weighted by Crippen LogP contribution is -2.14. The van der Waals surface area contributed by atoms with E-state index in [0.717, 1.165) is 5.56 Å². The summed E-state index contributed by atoms with van der Waals surface area (Å²) in [6, 6.07) is 19.3. The molecule has 3 rings (SSSR count). The summed E-state index contributed by atoms with van der Waals surface area (Å²) in [5.41, 5.74) is 1.89. The molecule has 0 fully saturated rings. The van der Waals surface area contributed by atoms with Crippen molar-refractivity contribution in [2.24, 2.45) is 0 Å². The monoisotopic (exact) mass is 321 g/mol. The smallest absolute Gasteiger partial charge is 0.228 e. The van der Waals surface area contributed by atoms with Crippen LogP contribution in [0.25, 0.3) is 0 Å². The Balaban J connectivity index is 1.60. The van der Waals surface area contributed by atoms with Crippen LogP contribution in [-0.4, -0.2) is 10.9 Å². The summed E-state index contributed by atoms with van der Waals surface area (Å²) in [7, 11) is 0. The van der Waals surface area contributed by atoms with Crippen LogP contribution in [0.15, 0.2) is 72.9 Å². The van der Waals surface area contributed by atoms with E-state index in [2.05, 4.69) is 15.6 Å². The summed E-state index contributed by atoms with van der Waals surface area (Å²) in [6.07, 6.45) is 1.84. The van der Waals surface area contributed by atoms with E-state index < -0.39 is 0 Å². The first-order valence-corrected chi connectivity index (χ1v) is 7.52. The summed E-state index contributed by atoms with van der Waals surface area (Å²) in [4.78, 5) is 16.2. The summed E-state index contributed by atoms with van der Waals surface area (Å²) in [6.45, 7) is 0. The fraction of sp³-hybridized carbons (Fsp3) is 0.0526. The Morgan fingerprint density at radius 3 is 2.42 bits per heavy atom. The molecule has 0 unspecified atom stereocenters. The largest absolute Gasteiger partial charge is 0.338 e. The molecule has 1 aromatic heterocycles. The number of hydrogen-bond acceptors (Lipinski definition) is 3. The number of carbonyl (C=O) groups excluding carboxylic acids is 1. The Hall–Kier alpha value is -3.21. The molecule has 0 radical (unpaired) electrons. The van der Waals surface area contributed by atoms with Gasteiger partial charge in [0.2, 0.25) is 5.91 Å². The van der Waals surface area contributed by atoms with Crippen molar-refractivity contribution in [3.8, 4) is 0 Å². The highest BCUT2D eigenvalue weighted by Crippen LogP contribution is 2.19. The molecule has 2 N–H and O–H groups in total. The summed E-state index contributed by atoms with van der Waals surface area (Å²) in [5.74, 6) is 0.0403. The number of aromatic nitrogens is 1. The fourth-order valence-corrected chi connectivity index (χ4v) is 2.23. The first kappa shape index (κ1) is 15.7. The van der Waals surface area contributed by atoms with E-state index in [1.54, 1.807) is 30.3 Å². The molecule has 4 nitrogen and oxygen atoms in total. The second-order valence-electron chi connectivity index (χ2n) is 5.25. The quantitative estimate of drug-likeness (QED) is 0.742. The summed E-state index contributed by atoms with van der Waals surface area (Å²) in [5, 5.41) is 5.68. The van der Waals surface area contributed by atoms with E-state index in [0.29, 0.717) is 23.6 Å². The van der Waals surface area contributed by atoms with E-state index in [4.69, 9.17) is 0 Å². The van der Waals surface area contributed by atoms with Gasteiger partial charge in [-0.05, 0) is 29.8 Å². The highest BCUT2D eigenvalue weighted by atomic mass is 19.1. The standard InChI is InChI=1S/C19H16FN3O/c20-16-8-4-5-9-17(16)23-18-11-10-15(13-21-18)22-19(24)12-14-6-2-1-3-7-14/h1-11,13H,12H2,(H,21,23)(H,22,24). The lowest BCUT2D eigenvalue weighted by molar-refractivity contribution is -0.115. The molecule has 0 aliphatic rings. The first-order chi connectivity index (χ1) is 11.7. The third-order valence-corrected chi connectivity index (χ3v) is 3.39. The van der Waals surface area contributed by atoms with Gasteiger partial charge in [-0.25, -0.2) is 9.37 Å². The number of amides is 1. The van der Waals surface area contributed by atoms with Gasteiger partial charge in [0.15, 0.2) is 0 Å². The van der Waals surface area contributed by atoms with Gasteiger partial charge < -0.3 is 10.6 Å². The third-order valence-electron chi connectivity index (χ3n) is 3.39. The van der Waals surface area contributed by atoms with Crippen molar-refractivity contribution in [3.05, 3.63) is 84.3 Å². The zero-order chi connectivity index (χ0) is 16.8. The number of carbonyl (C=O) groups is 1. The fourth-order valence-electron chi connectivity index (χ4n) is 2.23. The van der Waals surface area contributed by atoms with Crippen molar-refractivity contribution in [1.82, 2.24) is 4.98 Å². The maximum Gasteiger partial charge on any atom is 0.228 e. The summed E-state index contributed by atoms with van der Waals surface area (Å²) >= 11 is 0. The number of anilines is 3. The highest BCUT2D eigenvalue weighted by molar-refractivity contribution is 5.92. The molecule has 0 spiro atoms. The number of nitrogens with one attached hydrogen (secondary N) is 2. The number of pyridine rings is 1. The van der Waals surface area contributed by atoms with Crippen LogP contribution in [-0.2, 0) is 11.2 Å². The van der Waals surface area contributed by atoms with E-state index in [1.165, 1.54) is 12.3 Å². The van der Waals surface area contributed by atoms with Gasteiger partial charge in [0.25, 0.3) is 0 Å². The first-order valence-electron chi connectivity index (χ1n) is 7.52. The molecule has 0 aliphatic heterocycles. The van der Waals surface area contributed by atoms with Gasteiger partial charge in [-0.3, -0.25) is 4.79 Å². The predicted molar refractivity (Wildman–Crippen MR) is 92.7 cm³/mol.